The lowest BCUT2D eigenvalue weighted by Gasteiger charge is -2.30. The minimum Gasteiger partial charge on any atom is -0.312 e. The van der Waals surface area contributed by atoms with Crippen LogP contribution in [0.5, 0.6) is 0 Å². The molecule has 1 aromatic heterocycles. The summed E-state index contributed by atoms with van der Waals surface area (Å²) in [6, 6.07) is 2.48. The first kappa shape index (κ1) is 13.2. The van der Waals surface area contributed by atoms with Crippen LogP contribution in [0.3, 0.4) is 0 Å². The third kappa shape index (κ3) is 3.08. The molecule has 0 fully saturated rings. The molecule has 92 valence electrons. The molecule has 0 aliphatic heterocycles. The maximum Gasteiger partial charge on any atom is 0.0550 e. The van der Waals surface area contributed by atoms with Gasteiger partial charge in [-0.2, -0.15) is 5.10 Å². The normalized spacial score (nSPS) is 16.1. The number of aryl methyl sites for hydroxylation is 1. The van der Waals surface area contributed by atoms with E-state index < -0.39 is 0 Å². The van der Waals surface area contributed by atoms with Crippen molar-refractivity contribution >= 4 is 0 Å². The van der Waals surface area contributed by atoms with Gasteiger partial charge < -0.3 is 5.32 Å². The maximum atomic E-state index is 4.23. The highest BCUT2D eigenvalue weighted by molar-refractivity contribution is 5.06. The quantitative estimate of drug-likeness (QED) is 0.850. The van der Waals surface area contributed by atoms with Crippen molar-refractivity contribution in [2.45, 2.75) is 40.2 Å². The van der Waals surface area contributed by atoms with Gasteiger partial charge in [0.2, 0.25) is 0 Å². The van der Waals surface area contributed by atoms with E-state index in [2.05, 4.69) is 44.2 Å². The molecule has 16 heavy (non-hydrogen) atoms. The van der Waals surface area contributed by atoms with Gasteiger partial charge in [0.1, 0.15) is 0 Å². The van der Waals surface area contributed by atoms with Gasteiger partial charge >= 0.3 is 0 Å². The Hall–Kier alpha value is -0.830. The third-order valence-electron chi connectivity index (χ3n) is 3.63. The molecule has 0 spiro atoms. The molecule has 0 saturated carbocycles. The van der Waals surface area contributed by atoms with E-state index >= 15 is 0 Å². The Labute approximate surface area is 99.2 Å². The molecule has 0 aliphatic carbocycles. The van der Waals surface area contributed by atoms with E-state index in [1.165, 1.54) is 5.69 Å². The summed E-state index contributed by atoms with van der Waals surface area (Å²) in [4.78, 5) is 0. The van der Waals surface area contributed by atoms with Crippen LogP contribution in [0.15, 0.2) is 12.3 Å². The minimum absolute atomic E-state index is 0.355. The lowest BCUT2D eigenvalue weighted by Crippen LogP contribution is -2.26. The zero-order chi connectivity index (χ0) is 12.3. The van der Waals surface area contributed by atoms with Gasteiger partial charge in [-0.15, -0.1) is 0 Å². The standard InChI is InChI=1S/C13H25N3/c1-10(13(2,3)4)9-11(14-5)12-7-8-15-16(12)6/h7-8,10-11,14H,9H2,1-6H3. The van der Waals surface area contributed by atoms with E-state index in [4.69, 9.17) is 0 Å². The van der Waals surface area contributed by atoms with Gasteiger partial charge in [0, 0.05) is 19.3 Å². The molecule has 1 N–H and O–H groups in total. The largest absolute Gasteiger partial charge is 0.312 e. The monoisotopic (exact) mass is 223 g/mol. The van der Waals surface area contributed by atoms with Gasteiger partial charge in [-0.1, -0.05) is 27.7 Å². The Morgan fingerprint density at radius 1 is 1.44 bits per heavy atom. The second-order valence-electron chi connectivity index (χ2n) is 5.72. The topological polar surface area (TPSA) is 29.9 Å². The predicted molar refractivity (Wildman–Crippen MR) is 68.2 cm³/mol. The molecular weight excluding hydrogens is 198 g/mol. The van der Waals surface area contributed by atoms with Gasteiger partial charge in [0.05, 0.1) is 5.69 Å². The van der Waals surface area contributed by atoms with Crippen LogP contribution in [-0.2, 0) is 7.05 Å². The predicted octanol–water partition coefficient (Wildman–Crippen LogP) is 2.75. The fourth-order valence-corrected chi connectivity index (χ4v) is 1.82. The molecule has 3 heteroatoms. The number of nitrogens with one attached hydrogen (secondary N) is 1. The molecule has 0 saturated heterocycles. The van der Waals surface area contributed by atoms with Crippen LogP contribution in [0.2, 0.25) is 0 Å². The SMILES string of the molecule is CNC(CC(C)C(C)(C)C)c1ccnn1C. The number of hydrogen-bond donors (Lipinski definition) is 1. The number of aromatic nitrogens is 2. The lowest BCUT2D eigenvalue weighted by molar-refractivity contribution is 0.223. The maximum absolute atomic E-state index is 4.23. The first-order chi connectivity index (χ1) is 7.36. The average molecular weight is 223 g/mol. The Kier molecular flexibility index (Phi) is 4.14. The highest BCUT2D eigenvalue weighted by atomic mass is 15.3. The molecule has 1 heterocycles. The van der Waals surface area contributed by atoms with Crippen LogP contribution >= 0.6 is 0 Å². The summed E-state index contributed by atoms with van der Waals surface area (Å²) in [5.74, 6) is 0.667. The molecular formula is C13H25N3. The Morgan fingerprint density at radius 2 is 2.06 bits per heavy atom. The van der Waals surface area contributed by atoms with Crippen LogP contribution in [0, 0.1) is 11.3 Å². The number of nitrogens with zero attached hydrogens (tertiary/aromatic N) is 2. The van der Waals surface area contributed by atoms with Crippen LogP contribution in [0.4, 0.5) is 0 Å². The van der Waals surface area contributed by atoms with Gasteiger partial charge in [0.25, 0.3) is 0 Å². The third-order valence-corrected chi connectivity index (χ3v) is 3.63. The molecule has 1 aromatic rings. The summed E-state index contributed by atoms with van der Waals surface area (Å²) >= 11 is 0. The van der Waals surface area contributed by atoms with E-state index in [1.54, 1.807) is 0 Å². The van der Waals surface area contributed by atoms with E-state index in [1.807, 2.05) is 25.0 Å². The molecule has 0 aliphatic rings. The van der Waals surface area contributed by atoms with Crippen molar-refractivity contribution in [3.63, 3.8) is 0 Å². The van der Waals surface area contributed by atoms with Gasteiger partial charge in [-0.05, 0) is 30.9 Å². The summed E-state index contributed by atoms with van der Waals surface area (Å²) in [5.41, 5.74) is 1.62. The molecule has 3 nitrogen and oxygen atoms in total. The van der Waals surface area contributed by atoms with Crippen molar-refractivity contribution in [2.24, 2.45) is 18.4 Å². The zero-order valence-electron chi connectivity index (χ0n) is 11.4. The van der Waals surface area contributed by atoms with Crippen LogP contribution in [0.25, 0.3) is 0 Å². The summed E-state index contributed by atoms with van der Waals surface area (Å²) < 4.78 is 1.95. The first-order valence-electron chi connectivity index (χ1n) is 6.01. The number of rotatable bonds is 4. The lowest BCUT2D eigenvalue weighted by atomic mass is 9.78. The molecule has 2 atom stereocenters. The Balaban J connectivity index is 2.74. The van der Waals surface area contributed by atoms with Crippen molar-refractivity contribution < 1.29 is 0 Å². The van der Waals surface area contributed by atoms with Crippen molar-refractivity contribution in [3.05, 3.63) is 18.0 Å². The van der Waals surface area contributed by atoms with Crippen molar-refractivity contribution in [2.75, 3.05) is 7.05 Å². The zero-order valence-corrected chi connectivity index (χ0v) is 11.4. The molecule has 2 unspecified atom stereocenters. The summed E-state index contributed by atoms with van der Waals surface area (Å²) in [6.07, 6.45) is 3.00. The van der Waals surface area contributed by atoms with Crippen LogP contribution in [-0.4, -0.2) is 16.8 Å². The smallest absolute Gasteiger partial charge is 0.0550 e. The molecule has 1 rings (SSSR count). The van der Waals surface area contributed by atoms with E-state index in [0.717, 1.165) is 6.42 Å². The van der Waals surface area contributed by atoms with E-state index in [0.29, 0.717) is 17.4 Å². The molecule has 0 radical (unpaired) electrons. The first-order valence-corrected chi connectivity index (χ1v) is 6.01. The van der Waals surface area contributed by atoms with E-state index in [9.17, 15) is 0 Å². The van der Waals surface area contributed by atoms with Gasteiger partial charge in [0.15, 0.2) is 0 Å². The second-order valence-corrected chi connectivity index (χ2v) is 5.72. The number of hydrogen-bond acceptors (Lipinski definition) is 2. The minimum atomic E-state index is 0.355. The Bertz CT molecular complexity index is 322. The van der Waals surface area contributed by atoms with E-state index in [-0.39, 0.29) is 0 Å². The summed E-state index contributed by atoms with van der Waals surface area (Å²) in [7, 11) is 4.02. The van der Waals surface area contributed by atoms with Gasteiger partial charge in [-0.3, -0.25) is 4.68 Å². The summed E-state index contributed by atoms with van der Waals surface area (Å²) in [6.45, 7) is 9.22. The van der Waals surface area contributed by atoms with Gasteiger partial charge in [-0.25, -0.2) is 0 Å². The fraction of sp³-hybridized carbons (Fsp3) is 0.769. The van der Waals surface area contributed by atoms with Crippen LogP contribution in [0.1, 0.15) is 45.9 Å². The molecule has 0 amide bonds. The van der Waals surface area contributed by atoms with Crippen molar-refractivity contribution in [1.29, 1.82) is 0 Å². The second kappa shape index (κ2) is 5.00. The summed E-state index contributed by atoms with van der Waals surface area (Å²) in [5, 5.41) is 7.62. The fourth-order valence-electron chi connectivity index (χ4n) is 1.82. The average Bonchev–Trinajstić information content (AvgIpc) is 2.59. The van der Waals surface area contributed by atoms with Crippen molar-refractivity contribution in [3.8, 4) is 0 Å². The van der Waals surface area contributed by atoms with Crippen LogP contribution < -0.4 is 5.32 Å². The molecule has 0 bridgehead atoms. The molecule has 0 aromatic carbocycles. The highest BCUT2D eigenvalue weighted by Crippen LogP contribution is 2.32. The van der Waals surface area contributed by atoms with Crippen molar-refractivity contribution in [1.82, 2.24) is 15.1 Å². The highest BCUT2D eigenvalue weighted by Gasteiger charge is 2.24. The Morgan fingerprint density at radius 3 is 2.44 bits per heavy atom.